The fourth-order valence-corrected chi connectivity index (χ4v) is 4.23. The molecule has 0 fully saturated rings. The number of esters is 1. The molecule has 4 aromatic rings. The molecule has 0 unspecified atom stereocenters. The number of amides is 1. The first-order valence-corrected chi connectivity index (χ1v) is 10.3. The van der Waals surface area contributed by atoms with Crippen LogP contribution >= 0.6 is 11.3 Å². The Labute approximate surface area is 178 Å². The van der Waals surface area contributed by atoms with Gasteiger partial charge in [-0.3, -0.25) is 4.79 Å². The Balaban J connectivity index is 1.47. The van der Waals surface area contributed by atoms with Crippen LogP contribution in [0.2, 0.25) is 0 Å². The molecule has 0 atom stereocenters. The van der Waals surface area contributed by atoms with Crippen molar-refractivity contribution in [3.8, 4) is 5.69 Å². The van der Waals surface area contributed by atoms with Crippen LogP contribution in [0.5, 0.6) is 0 Å². The highest BCUT2D eigenvalue weighted by atomic mass is 32.1. The molecule has 0 bridgehead atoms. The van der Waals surface area contributed by atoms with Crippen LogP contribution in [0.1, 0.15) is 26.5 Å². The molecular weight excluding hydrogens is 398 g/mol. The van der Waals surface area contributed by atoms with Gasteiger partial charge < -0.3 is 10.1 Å². The van der Waals surface area contributed by atoms with Gasteiger partial charge in [0, 0.05) is 11.1 Å². The fraction of sp³-hybridized carbons (Fsp3) is 0.174. The summed E-state index contributed by atoms with van der Waals surface area (Å²) in [6, 6.07) is 17.3. The van der Waals surface area contributed by atoms with E-state index in [0.29, 0.717) is 4.88 Å². The number of thiophene rings is 1. The van der Waals surface area contributed by atoms with Gasteiger partial charge in [0.1, 0.15) is 9.71 Å². The summed E-state index contributed by atoms with van der Waals surface area (Å²) in [5.41, 5.74) is 4.46. The van der Waals surface area contributed by atoms with Gasteiger partial charge in [0.25, 0.3) is 5.91 Å². The molecule has 0 aliphatic carbocycles. The quantitative estimate of drug-likeness (QED) is 0.471. The van der Waals surface area contributed by atoms with Gasteiger partial charge in [-0.05, 0) is 56.2 Å². The normalized spacial score (nSPS) is 10.9. The lowest BCUT2D eigenvalue weighted by molar-refractivity contribution is -0.119. The largest absolute Gasteiger partial charge is 0.451 e. The summed E-state index contributed by atoms with van der Waals surface area (Å²) in [6.07, 6.45) is 0. The molecule has 1 N–H and O–H groups in total. The molecule has 0 saturated carbocycles. The maximum Gasteiger partial charge on any atom is 0.348 e. The van der Waals surface area contributed by atoms with E-state index in [0.717, 1.165) is 38.4 Å². The zero-order valence-corrected chi connectivity index (χ0v) is 17.7. The van der Waals surface area contributed by atoms with E-state index in [-0.39, 0.29) is 12.5 Å². The number of hydrogen-bond donors (Lipinski definition) is 1. The molecule has 6 nitrogen and oxygen atoms in total. The van der Waals surface area contributed by atoms with Gasteiger partial charge in [-0.2, -0.15) is 5.10 Å². The van der Waals surface area contributed by atoms with Crippen LogP contribution < -0.4 is 5.32 Å². The number of rotatable bonds is 5. The summed E-state index contributed by atoms with van der Waals surface area (Å²) in [6.45, 7) is 5.43. The third kappa shape index (κ3) is 3.97. The Morgan fingerprint density at radius 2 is 1.83 bits per heavy atom. The van der Waals surface area contributed by atoms with E-state index in [1.807, 2.05) is 74.0 Å². The van der Waals surface area contributed by atoms with Gasteiger partial charge in [0.2, 0.25) is 0 Å². The third-order valence-corrected chi connectivity index (χ3v) is 5.84. The van der Waals surface area contributed by atoms with E-state index in [1.165, 1.54) is 11.3 Å². The molecule has 0 aliphatic rings. The molecule has 4 rings (SSSR count). The van der Waals surface area contributed by atoms with E-state index in [1.54, 1.807) is 6.07 Å². The second-order valence-corrected chi connectivity index (χ2v) is 8.14. The lowest BCUT2D eigenvalue weighted by Crippen LogP contribution is -2.21. The number of nitrogens with zero attached hydrogens (tertiary/aromatic N) is 2. The summed E-state index contributed by atoms with van der Waals surface area (Å²) < 4.78 is 7.07. The van der Waals surface area contributed by atoms with Crippen molar-refractivity contribution >= 4 is 39.1 Å². The Kier molecular flexibility index (Phi) is 5.37. The molecule has 0 spiro atoms. The Morgan fingerprint density at radius 1 is 1.07 bits per heavy atom. The van der Waals surface area contributed by atoms with Crippen molar-refractivity contribution in [2.45, 2.75) is 20.8 Å². The molecule has 7 heteroatoms. The maximum absolute atomic E-state index is 12.5. The number of ether oxygens (including phenoxy) is 1. The molecule has 0 aliphatic heterocycles. The summed E-state index contributed by atoms with van der Waals surface area (Å²) >= 11 is 1.30. The number of benzene rings is 2. The minimum absolute atomic E-state index is 0.343. The molecule has 2 aromatic carbocycles. The van der Waals surface area contributed by atoms with E-state index in [9.17, 15) is 9.59 Å². The van der Waals surface area contributed by atoms with Crippen LogP contribution in [0.15, 0.2) is 54.6 Å². The minimum Gasteiger partial charge on any atom is -0.451 e. The summed E-state index contributed by atoms with van der Waals surface area (Å²) in [5, 5.41) is 8.26. The number of para-hydroxylation sites is 1. The number of hydrogen-bond acceptors (Lipinski definition) is 5. The molecule has 0 radical (unpaired) electrons. The Hall–Kier alpha value is -3.45. The SMILES string of the molecule is Cc1ccc(C)c(NC(=O)COC(=O)c2cc3c(C)nn(-c4ccccc4)c3s2)c1. The highest BCUT2D eigenvalue weighted by Crippen LogP contribution is 2.30. The number of aryl methyl sites for hydroxylation is 3. The van der Waals surface area contributed by atoms with E-state index in [2.05, 4.69) is 10.4 Å². The van der Waals surface area contributed by atoms with Gasteiger partial charge in [-0.15, -0.1) is 11.3 Å². The zero-order valence-electron chi connectivity index (χ0n) is 16.9. The van der Waals surface area contributed by atoms with E-state index < -0.39 is 5.97 Å². The first kappa shape index (κ1) is 19.8. The lowest BCUT2D eigenvalue weighted by atomic mass is 10.1. The molecule has 2 heterocycles. The third-order valence-electron chi connectivity index (χ3n) is 4.75. The fourth-order valence-electron chi connectivity index (χ4n) is 3.15. The molecule has 30 heavy (non-hydrogen) atoms. The number of fused-ring (bicyclic) bond motifs is 1. The number of carbonyl (C=O) groups excluding carboxylic acids is 2. The molecule has 0 saturated heterocycles. The second kappa shape index (κ2) is 8.12. The topological polar surface area (TPSA) is 73.2 Å². The average molecular weight is 420 g/mol. The average Bonchev–Trinajstić information content (AvgIpc) is 3.30. The van der Waals surface area contributed by atoms with E-state index in [4.69, 9.17) is 4.74 Å². The highest BCUT2D eigenvalue weighted by molar-refractivity contribution is 7.20. The van der Waals surface area contributed by atoms with Gasteiger partial charge in [0.05, 0.1) is 11.4 Å². The van der Waals surface area contributed by atoms with Gasteiger partial charge in [-0.1, -0.05) is 30.3 Å². The second-order valence-electron chi connectivity index (χ2n) is 7.10. The predicted octanol–water partition coefficient (Wildman–Crippen LogP) is 4.81. The van der Waals surface area contributed by atoms with E-state index >= 15 is 0 Å². The van der Waals surface area contributed by atoms with Crippen molar-refractivity contribution in [2.24, 2.45) is 0 Å². The van der Waals surface area contributed by atoms with Gasteiger partial charge >= 0.3 is 5.97 Å². The maximum atomic E-state index is 12.5. The highest BCUT2D eigenvalue weighted by Gasteiger charge is 2.19. The van der Waals surface area contributed by atoms with Crippen molar-refractivity contribution in [3.63, 3.8) is 0 Å². The first-order valence-electron chi connectivity index (χ1n) is 9.51. The van der Waals surface area contributed by atoms with Crippen LogP contribution in [-0.4, -0.2) is 28.3 Å². The molecule has 2 aromatic heterocycles. The number of aromatic nitrogens is 2. The van der Waals surface area contributed by atoms with Crippen LogP contribution in [0.25, 0.3) is 15.9 Å². The van der Waals surface area contributed by atoms with Crippen LogP contribution in [0.3, 0.4) is 0 Å². The van der Waals surface area contributed by atoms with Crippen molar-refractivity contribution < 1.29 is 14.3 Å². The Bertz CT molecular complexity index is 1240. The summed E-state index contributed by atoms with van der Waals surface area (Å²) in [7, 11) is 0. The number of nitrogens with one attached hydrogen (secondary N) is 1. The van der Waals surface area contributed by atoms with Crippen LogP contribution in [0, 0.1) is 20.8 Å². The van der Waals surface area contributed by atoms with Crippen molar-refractivity contribution in [1.29, 1.82) is 0 Å². The predicted molar refractivity (Wildman–Crippen MR) is 119 cm³/mol. The standard InChI is InChI=1S/C23H21N3O3S/c1-14-9-10-15(2)19(11-14)24-21(27)13-29-23(28)20-12-18-16(3)25-26(22(18)30-20)17-7-5-4-6-8-17/h4-12H,13H2,1-3H3,(H,24,27). The van der Waals surface area contributed by atoms with Crippen molar-refractivity contribution in [2.75, 3.05) is 11.9 Å². The zero-order chi connectivity index (χ0) is 21.3. The van der Waals surface area contributed by atoms with Crippen molar-refractivity contribution in [1.82, 2.24) is 9.78 Å². The Morgan fingerprint density at radius 3 is 2.60 bits per heavy atom. The summed E-state index contributed by atoms with van der Waals surface area (Å²) in [4.78, 5) is 26.1. The molecular formula is C23H21N3O3S. The monoisotopic (exact) mass is 419 g/mol. The first-order chi connectivity index (χ1) is 14.4. The van der Waals surface area contributed by atoms with Crippen LogP contribution in [-0.2, 0) is 9.53 Å². The van der Waals surface area contributed by atoms with Crippen molar-refractivity contribution in [3.05, 3.63) is 76.3 Å². The molecule has 1 amide bonds. The summed E-state index contributed by atoms with van der Waals surface area (Å²) in [5.74, 6) is -0.892. The number of anilines is 1. The smallest absolute Gasteiger partial charge is 0.348 e. The number of carbonyl (C=O) groups is 2. The lowest BCUT2D eigenvalue weighted by Gasteiger charge is -2.09. The minimum atomic E-state index is -0.522. The van der Waals surface area contributed by atoms with Gasteiger partial charge in [-0.25, -0.2) is 9.48 Å². The van der Waals surface area contributed by atoms with Crippen LogP contribution in [0.4, 0.5) is 5.69 Å². The molecule has 152 valence electrons. The van der Waals surface area contributed by atoms with Gasteiger partial charge in [0.15, 0.2) is 6.61 Å².